The van der Waals surface area contributed by atoms with E-state index in [0.29, 0.717) is 39.0 Å². The minimum atomic E-state index is -0.327. The number of benzene rings is 2. The first kappa shape index (κ1) is 19.7. The second-order valence-corrected chi connectivity index (χ2v) is 6.76. The molecular weight excluding hydrogens is 356 g/mol. The molecule has 28 heavy (non-hydrogen) atoms. The van der Waals surface area contributed by atoms with E-state index >= 15 is 0 Å². The van der Waals surface area contributed by atoms with E-state index in [1.54, 1.807) is 12.0 Å². The molecule has 0 unspecified atom stereocenters. The normalized spacial score (nSPS) is 13.9. The number of piperazine rings is 1. The van der Waals surface area contributed by atoms with Crippen molar-refractivity contribution in [1.82, 2.24) is 9.80 Å². The van der Waals surface area contributed by atoms with Crippen molar-refractivity contribution >= 4 is 12.0 Å². The smallest absolute Gasteiger partial charge is 0.410 e. The van der Waals surface area contributed by atoms with Gasteiger partial charge in [-0.25, -0.2) is 4.79 Å². The van der Waals surface area contributed by atoms with Crippen LogP contribution in [0.25, 0.3) is 0 Å². The molecule has 0 bridgehead atoms. The second kappa shape index (κ2) is 9.78. The summed E-state index contributed by atoms with van der Waals surface area (Å²) in [4.78, 5) is 28.2. The zero-order valence-electron chi connectivity index (χ0n) is 16.2. The fraction of sp³-hybridized carbons (Fsp3) is 0.364. The number of carbonyl (C=O) groups is 2. The zero-order valence-corrected chi connectivity index (χ0v) is 16.2. The van der Waals surface area contributed by atoms with E-state index in [9.17, 15) is 9.59 Å². The third-order valence-electron chi connectivity index (χ3n) is 4.86. The Morgan fingerprint density at radius 2 is 1.57 bits per heavy atom. The summed E-state index contributed by atoms with van der Waals surface area (Å²) in [5.74, 6) is 0.910. The lowest BCUT2D eigenvalue weighted by molar-refractivity contribution is -0.132. The Morgan fingerprint density at radius 1 is 0.893 bits per heavy atom. The molecule has 6 nitrogen and oxygen atoms in total. The largest absolute Gasteiger partial charge is 0.497 e. The second-order valence-electron chi connectivity index (χ2n) is 6.76. The highest BCUT2D eigenvalue weighted by Crippen LogP contribution is 2.15. The van der Waals surface area contributed by atoms with Crippen molar-refractivity contribution in [3.63, 3.8) is 0 Å². The fourth-order valence-corrected chi connectivity index (χ4v) is 3.19. The van der Waals surface area contributed by atoms with Crippen molar-refractivity contribution < 1.29 is 19.1 Å². The fourth-order valence-electron chi connectivity index (χ4n) is 3.19. The van der Waals surface area contributed by atoms with Crippen LogP contribution in [0.15, 0.2) is 54.6 Å². The van der Waals surface area contributed by atoms with Crippen molar-refractivity contribution in [2.45, 2.75) is 19.4 Å². The van der Waals surface area contributed by atoms with Gasteiger partial charge in [0.2, 0.25) is 5.91 Å². The molecule has 148 valence electrons. The molecule has 6 heteroatoms. The Labute approximate surface area is 165 Å². The Morgan fingerprint density at radius 3 is 2.29 bits per heavy atom. The highest BCUT2D eigenvalue weighted by Gasteiger charge is 2.24. The zero-order chi connectivity index (χ0) is 19.8. The predicted molar refractivity (Wildman–Crippen MR) is 106 cm³/mol. The summed E-state index contributed by atoms with van der Waals surface area (Å²) in [6.07, 6.45) is 0.799. The third kappa shape index (κ3) is 5.49. The molecular formula is C22H26N2O4. The number of ether oxygens (including phenoxy) is 2. The maximum atomic E-state index is 12.5. The molecule has 2 aromatic carbocycles. The number of carbonyl (C=O) groups excluding carboxylic acids is 2. The lowest BCUT2D eigenvalue weighted by Crippen LogP contribution is -2.50. The first-order valence-corrected chi connectivity index (χ1v) is 9.52. The van der Waals surface area contributed by atoms with Gasteiger partial charge in [0.15, 0.2) is 0 Å². The van der Waals surface area contributed by atoms with E-state index < -0.39 is 0 Å². The summed E-state index contributed by atoms with van der Waals surface area (Å²) < 4.78 is 10.6. The summed E-state index contributed by atoms with van der Waals surface area (Å²) in [5.41, 5.74) is 2.04. The molecule has 0 atom stereocenters. The molecule has 1 saturated heterocycles. The first-order chi connectivity index (χ1) is 13.7. The number of hydrogen-bond donors (Lipinski definition) is 0. The highest BCUT2D eigenvalue weighted by molar-refractivity contribution is 5.77. The van der Waals surface area contributed by atoms with Crippen molar-refractivity contribution in [2.75, 3.05) is 33.3 Å². The first-order valence-electron chi connectivity index (χ1n) is 9.52. The maximum absolute atomic E-state index is 12.5. The van der Waals surface area contributed by atoms with Crippen molar-refractivity contribution in [2.24, 2.45) is 0 Å². The van der Waals surface area contributed by atoms with E-state index in [-0.39, 0.29) is 18.6 Å². The number of amides is 2. The molecule has 0 radical (unpaired) electrons. The van der Waals surface area contributed by atoms with Crippen molar-refractivity contribution in [1.29, 1.82) is 0 Å². The minimum Gasteiger partial charge on any atom is -0.497 e. The Kier molecular flexibility index (Phi) is 6.89. The Bertz CT molecular complexity index is 786. The van der Waals surface area contributed by atoms with Gasteiger partial charge in [-0.15, -0.1) is 0 Å². The Balaban J connectivity index is 1.40. The van der Waals surface area contributed by atoms with Gasteiger partial charge in [-0.2, -0.15) is 0 Å². The lowest BCUT2D eigenvalue weighted by Gasteiger charge is -2.34. The molecule has 1 aliphatic rings. The topological polar surface area (TPSA) is 59.1 Å². The quantitative estimate of drug-likeness (QED) is 0.770. The van der Waals surface area contributed by atoms with Crippen LogP contribution in [0.3, 0.4) is 0 Å². The summed E-state index contributed by atoms with van der Waals surface area (Å²) in [6, 6.07) is 17.4. The van der Waals surface area contributed by atoms with E-state index in [2.05, 4.69) is 0 Å². The van der Waals surface area contributed by atoms with Crippen LogP contribution in [0.2, 0.25) is 0 Å². The summed E-state index contributed by atoms with van der Waals surface area (Å²) in [5, 5.41) is 0. The predicted octanol–water partition coefficient (Wildman–Crippen LogP) is 3.11. The monoisotopic (exact) mass is 382 g/mol. The van der Waals surface area contributed by atoms with Gasteiger partial charge in [-0.3, -0.25) is 4.79 Å². The molecule has 0 aromatic heterocycles. The molecule has 1 heterocycles. The average molecular weight is 382 g/mol. The van der Waals surface area contributed by atoms with Gasteiger partial charge >= 0.3 is 6.09 Å². The molecule has 0 aliphatic carbocycles. The standard InChI is InChI=1S/C22H26N2O4/c1-27-20-9-5-8-18(16-20)10-11-21(25)23-12-14-24(15-13-23)22(26)28-17-19-6-3-2-4-7-19/h2-9,16H,10-15,17H2,1H3. The van der Waals surface area contributed by atoms with E-state index in [1.807, 2.05) is 59.5 Å². The molecule has 0 spiro atoms. The summed E-state index contributed by atoms with van der Waals surface area (Å²) >= 11 is 0. The van der Waals surface area contributed by atoms with Crippen LogP contribution in [-0.2, 0) is 22.6 Å². The van der Waals surface area contributed by atoms with Gasteiger partial charge < -0.3 is 19.3 Å². The van der Waals surface area contributed by atoms with E-state index in [0.717, 1.165) is 16.9 Å². The molecule has 0 N–H and O–H groups in total. The van der Waals surface area contributed by atoms with Gasteiger partial charge in [0.1, 0.15) is 12.4 Å². The number of aryl methyl sites for hydroxylation is 1. The van der Waals surface area contributed by atoms with Gasteiger partial charge in [-0.1, -0.05) is 42.5 Å². The maximum Gasteiger partial charge on any atom is 0.410 e. The number of methoxy groups -OCH3 is 1. The van der Waals surface area contributed by atoms with Crippen LogP contribution in [0.5, 0.6) is 5.75 Å². The number of nitrogens with zero attached hydrogens (tertiary/aromatic N) is 2. The van der Waals surface area contributed by atoms with Crippen LogP contribution >= 0.6 is 0 Å². The summed E-state index contributed by atoms with van der Waals surface area (Å²) in [7, 11) is 1.63. The molecule has 2 aromatic rings. The van der Waals surface area contributed by atoms with E-state index in [4.69, 9.17) is 9.47 Å². The summed E-state index contributed by atoms with van der Waals surface area (Å²) in [6.45, 7) is 2.34. The van der Waals surface area contributed by atoms with Crippen LogP contribution in [-0.4, -0.2) is 55.1 Å². The minimum absolute atomic E-state index is 0.111. The van der Waals surface area contributed by atoms with Crippen LogP contribution in [0, 0.1) is 0 Å². The van der Waals surface area contributed by atoms with Gasteiger partial charge in [-0.05, 0) is 29.7 Å². The molecule has 1 fully saturated rings. The lowest BCUT2D eigenvalue weighted by atomic mass is 10.1. The third-order valence-corrected chi connectivity index (χ3v) is 4.86. The highest BCUT2D eigenvalue weighted by atomic mass is 16.6. The van der Waals surface area contributed by atoms with Crippen LogP contribution < -0.4 is 4.74 Å². The van der Waals surface area contributed by atoms with Crippen LogP contribution in [0.4, 0.5) is 4.79 Å². The SMILES string of the molecule is COc1cccc(CCC(=O)N2CCN(C(=O)OCc3ccccc3)CC2)c1. The van der Waals surface area contributed by atoms with E-state index in [1.165, 1.54) is 0 Å². The van der Waals surface area contributed by atoms with Crippen molar-refractivity contribution in [3.05, 3.63) is 65.7 Å². The van der Waals surface area contributed by atoms with Crippen molar-refractivity contribution in [3.8, 4) is 5.75 Å². The molecule has 2 amide bonds. The average Bonchev–Trinajstić information content (AvgIpc) is 2.76. The number of rotatable bonds is 6. The van der Waals surface area contributed by atoms with Gasteiger partial charge in [0.25, 0.3) is 0 Å². The van der Waals surface area contributed by atoms with Gasteiger partial charge in [0, 0.05) is 32.6 Å². The molecule has 3 rings (SSSR count). The van der Waals surface area contributed by atoms with Gasteiger partial charge in [0.05, 0.1) is 7.11 Å². The number of hydrogen-bond acceptors (Lipinski definition) is 4. The molecule has 0 saturated carbocycles. The molecule has 1 aliphatic heterocycles. The van der Waals surface area contributed by atoms with Crippen LogP contribution in [0.1, 0.15) is 17.5 Å². The Hall–Kier alpha value is -3.02.